The van der Waals surface area contributed by atoms with E-state index in [1.54, 1.807) is 37.5 Å². The fraction of sp³-hybridized carbons (Fsp3) is 0.235. The van der Waals surface area contributed by atoms with Crippen LogP contribution in [0.2, 0.25) is 10.0 Å². The van der Waals surface area contributed by atoms with Gasteiger partial charge in [0.15, 0.2) is 0 Å². The van der Waals surface area contributed by atoms with Gasteiger partial charge in [0.2, 0.25) is 9.84 Å². The van der Waals surface area contributed by atoms with Crippen molar-refractivity contribution in [1.29, 1.82) is 0 Å². The third-order valence-electron chi connectivity index (χ3n) is 3.55. The number of halogens is 2. The van der Waals surface area contributed by atoms with Crippen molar-refractivity contribution in [3.63, 3.8) is 0 Å². The maximum atomic E-state index is 12.9. The zero-order valence-electron chi connectivity index (χ0n) is 13.6. The van der Waals surface area contributed by atoms with E-state index in [1.807, 2.05) is 18.9 Å². The Hall–Kier alpha value is -1.56. The molecule has 0 spiro atoms. The van der Waals surface area contributed by atoms with Crippen molar-refractivity contribution in [2.75, 3.05) is 13.6 Å². The molecule has 0 fully saturated rings. The summed E-state index contributed by atoms with van der Waals surface area (Å²) in [6.45, 7) is 4.51. The number of benzene rings is 2. The molecule has 0 amide bonds. The van der Waals surface area contributed by atoms with Gasteiger partial charge in [-0.3, -0.25) is 0 Å². The first-order valence-corrected chi connectivity index (χ1v) is 9.55. The fourth-order valence-electron chi connectivity index (χ4n) is 2.06. The highest BCUT2D eigenvalue weighted by Crippen LogP contribution is 2.35. The fourth-order valence-corrected chi connectivity index (χ4v) is 4.35. The molecule has 0 unspecified atom stereocenters. The summed E-state index contributed by atoms with van der Waals surface area (Å²) < 4.78 is 25.7. The maximum Gasteiger partial charge on any atom is 0.208 e. The average molecular weight is 385 g/mol. The molecule has 2 aromatic rings. The summed E-state index contributed by atoms with van der Waals surface area (Å²) in [7, 11) is -1.86. The van der Waals surface area contributed by atoms with Crippen LogP contribution in [0.1, 0.15) is 12.5 Å². The minimum Gasteiger partial charge on any atom is -0.366 e. The number of hydrogen-bond donors (Lipinski definition) is 0. The lowest BCUT2D eigenvalue weighted by Gasteiger charge is -2.12. The highest BCUT2D eigenvalue weighted by atomic mass is 35.5. The van der Waals surface area contributed by atoms with Gasteiger partial charge in [-0.05, 0) is 43.7 Å². The molecule has 0 radical (unpaired) electrons. The van der Waals surface area contributed by atoms with E-state index < -0.39 is 9.84 Å². The second kappa shape index (κ2) is 7.55. The molecule has 0 N–H and O–H groups in total. The summed E-state index contributed by atoms with van der Waals surface area (Å²) in [5, 5.41) is 0.451. The van der Waals surface area contributed by atoms with Crippen LogP contribution in [0, 0.1) is 6.92 Å². The lowest BCUT2D eigenvalue weighted by molar-refractivity contribution is 0.552. The molecule has 0 aliphatic heterocycles. The number of rotatable bonds is 5. The van der Waals surface area contributed by atoms with Gasteiger partial charge < -0.3 is 4.90 Å². The normalized spacial score (nSPS) is 11.9. The van der Waals surface area contributed by atoms with Crippen LogP contribution in [0.3, 0.4) is 0 Å². The summed E-state index contributed by atoms with van der Waals surface area (Å²) in [5.41, 5.74) is 1.08. The number of aliphatic imine (C=N–C) groups is 1. The van der Waals surface area contributed by atoms with Crippen LogP contribution < -0.4 is 0 Å². The summed E-state index contributed by atoms with van der Waals surface area (Å²) in [6.07, 6.45) is 1.66. The van der Waals surface area contributed by atoms with Gasteiger partial charge in [-0.15, -0.1) is 0 Å². The molecule has 2 aromatic carbocycles. The Morgan fingerprint density at radius 1 is 1.12 bits per heavy atom. The highest BCUT2D eigenvalue weighted by Gasteiger charge is 2.23. The minimum atomic E-state index is -3.75. The van der Waals surface area contributed by atoms with Crippen LogP contribution in [0.4, 0.5) is 5.69 Å². The predicted octanol–water partition coefficient (Wildman–Crippen LogP) is 4.75. The van der Waals surface area contributed by atoms with E-state index in [9.17, 15) is 8.42 Å². The Balaban J connectivity index is 2.52. The Kier molecular flexibility index (Phi) is 5.91. The Bertz CT molecular complexity index is 880. The third kappa shape index (κ3) is 3.91. The van der Waals surface area contributed by atoms with E-state index in [1.165, 1.54) is 12.1 Å². The summed E-state index contributed by atoms with van der Waals surface area (Å²) >= 11 is 12.3. The first-order chi connectivity index (χ1) is 11.3. The van der Waals surface area contributed by atoms with E-state index in [2.05, 4.69) is 4.99 Å². The molecular weight excluding hydrogens is 367 g/mol. The number of nitrogens with zero attached hydrogens (tertiary/aromatic N) is 2. The van der Waals surface area contributed by atoms with Crippen LogP contribution >= 0.6 is 23.2 Å². The largest absolute Gasteiger partial charge is 0.366 e. The molecule has 128 valence electrons. The van der Waals surface area contributed by atoms with Crippen molar-refractivity contribution < 1.29 is 8.42 Å². The third-order valence-corrected chi connectivity index (χ3v) is 6.25. The van der Waals surface area contributed by atoms with Crippen LogP contribution in [-0.2, 0) is 9.84 Å². The minimum absolute atomic E-state index is 0.0628. The average Bonchev–Trinajstić information content (AvgIpc) is 2.54. The standard InChI is InChI=1S/C17H18Cl2N2O2S/c1-4-21(3)11-20-15-9-12(2)17(10-14(15)19)24(22,23)16-8-6-5-7-13(16)18/h5-11H,4H2,1-3H3. The van der Waals surface area contributed by atoms with Gasteiger partial charge in [0.25, 0.3) is 0 Å². The van der Waals surface area contributed by atoms with Crippen LogP contribution in [0.25, 0.3) is 0 Å². The van der Waals surface area contributed by atoms with Crippen molar-refractivity contribution in [2.45, 2.75) is 23.6 Å². The first kappa shape index (κ1) is 18.8. The highest BCUT2D eigenvalue weighted by molar-refractivity contribution is 7.91. The van der Waals surface area contributed by atoms with Crippen molar-refractivity contribution in [1.82, 2.24) is 4.90 Å². The summed E-state index contributed by atoms with van der Waals surface area (Å²) in [6, 6.07) is 9.43. The molecule has 7 heteroatoms. The molecule has 0 saturated heterocycles. The smallest absolute Gasteiger partial charge is 0.208 e. The molecule has 0 saturated carbocycles. The van der Waals surface area contributed by atoms with E-state index >= 15 is 0 Å². The van der Waals surface area contributed by atoms with Crippen LogP contribution in [-0.4, -0.2) is 33.2 Å². The van der Waals surface area contributed by atoms with Crippen molar-refractivity contribution in [3.8, 4) is 0 Å². The van der Waals surface area contributed by atoms with Gasteiger partial charge in [0, 0.05) is 13.6 Å². The number of sulfone groups is 1. The van der Waals surface area contributed by atoms with Gasteiger partial charge >= 0.3 is 0 Å². The molecule has 0 aromatic heterocycles. The molecule has 2 rings (SSSR count). The van der Waals surface area contributed by atoms with Gasteiger partial charge in [-0.2, -0.15) is 0 Å². The molecular formula is C17H18Cl2N2O2S. The zero-order valence-corrected chi connectivity index (χ0v) is 16.0. The topological polar surface area (TPSA) is 49.7 Å². The lowest BCUT2D eigenvalue weighted by Crippen LogP contribution is -2.14. The van der Waals surface area contributed by atoms with Gasteiger partial charge in [0.05, 0.1) is 31.9 Å². The first-order valence-electron chi connectivity index (χ1n) is 7.31. The molecule has 0 bridgehead atoms. The van der Waals surface area contributed by atoms with E-state index in [-0.39, 0.29) is 19.8 Å². The van der Waals surface area contributed by atoms with Crippen molar-refractivity contribution >= 4 is 45.1 Å². The van der Waals surface area contributed by atoms with Crippen LogP contribution in [0.5, 0.6) is 0 Å². The Morgan fingerprint density at radius 2 is 1.79 bits per heavy atom. The molecule has 0 heterocycles. The molecule has 24 heavy (non-hydrogen) atoms. The van der Waals surface area contributed by atoms with Gasteiger partial charge in [0.1, 0.15) is 0 Å². The summed E-state index contributed by atoms with van der Waals surface area (Å²) in [4.78, 5) is 6.38. The second-order valence-corrected chi connectivity index (χ2v) is 8.02. The van der Waals surface area contributed by atoms with Crippen LogP contribution in [0.15, 0.2) is 51.2 Å². The molecule has 0 atom stereocenters. The lowest BCUT2D eigenvalue weighted by atomic mass is 10.2. The van der Waals surface area contributed by atoms with Crippen molar-refractivity contribution in [3.05, 3.63) is 52.0 Å². The second-order valence-electron chi connectivity index (χ2n) is 5.32. The van der Waals surface area contributed by atoms with Gasteiger partial charge in [-0.25, -0.2) is 13.4 Å². The predicted molar refractivity (Wildman–Crippen MR) is 99.5 cm³/mol. The number of hydrogen-bond acceptors (Lipinski definition) is 3. The van der Waals surface area contributed by atoms with E-state index in [4.69, 9.17) is 23.2 Å². The quantitative estimate of drug-likeness (QED) is 0.552. The zero-order chi connectivity index (χ0) is 17.9. The monoisotopic (exact) mass is 384 g/mol. The Morgan fingerprint density at radius 3 is 2.42 bits per heavy atom. The van der Waals surface area contributed by atoms with Gasteiger partial charge in [-0.1, -0.05) is 35.3 Å². The molecule has 0 aliphatic carbocycles. The maximum absolute atomic E-state index is 12.9. The van der Waals surface area contributed by atoms with Crippen molar-refractivity contribution in [2.24, 2.45) is 4.99 Å². The SMILES string of the molecule is CCN(C)C=Nc1cc(C)c(S(=O)(=O)c2ccccc2Cl)cc1Cl. The summed E-state index contributed by atoms with van der Waals surface area (Å²) in [5.74, 6) is 0. The molecule has 0 aliphatic rings. The van der Waals surface area contributed by atoms with E-state index in [0.717, 1.165) is 6.54 Å². The van der Waals surface area contributed by atoms with E-state index in [0.29, 0.717) is 11.3 Å². The Labute approximate surface area is 152 Å². The molecule has 4 nitrogen and oxygen atoms in total. The number of aryl methyl sites for hydroxylation is 1.